The molecule has 70 valence electrons. The minimum Gasteiger partial charge on any atom is -0.396 e. The van der Waals surface area contributed by atoms with Crippen LogP contribution in [0.1, 0.15) is 39.0 Å². The molecule has 0 aliphatic carbocycles. The maximum atomic E-state index is 10.0. The Balaban J connectivity index is 3.19. The average molecular weight is 170 g/mol. The molecule has 0 saturated carbocycles. The highest BCUT2D eigenvalue weighted by molar-refractivity contribution is 5.65. The first kappa shape index (κ1) is 11.4. The third-order valence-electron chi connectivity index (χ3n) is 1.83. The Bertz CT molecular complexity index is 139. The smallest absolute Gasteiger partial charge is 0.142 e. The van der Waals surface area contributed by atoms with Crippen LogP contribution in [0.2, 0.25) is 0 Å². The molecular formula is C10H18O2. The molecule has 0 rings (SSSR count). The quantitative estimate of drug-likeness (QED) is 0.361. The van der Waals surface area contributed by atoms with E-state index in [4.69, 9.17) is 5.11 Å². The van der Waals surface area contributed by atoms with Crippen LogP contribution < -0.4 is 0 Å². The van der Waals surface area contributed by atoms with E-state index >= 15 is 0 Å². The third kappa shape index (κ3) is 7.48. The largest absolute Gasteiger partial charge is 0.396 e. The summed E-state index contributed by atoms with van der Waals surface area (Å²) in [6.07, 6.45) is 7.71. The second-order valence-electron chi connectivity index (χ2n) is 3.04. The number of aliphatic hydroxyl groups is 1. The number of allylic oxidation sites excluding steroid dienone is 2. The lowest BCUT2D eigenvalue weighted by molar-refractivity contribution is -0.104. The van der Waals surface area contributed by atoms with Gasteiger partial charge >= 0.3 is 0 Å². The fourth-order valence-electron chi connectivity index (χ4n) is 1.07. The Morgan fingerprint density at radius 2 is 1.92 bits per heavy atom. The molecule has 0 atom stereocenters. The molecular weight excluding hydrogens is 152 g/mol. The standard InChI is InChI=1S/C10H18O2/c1-10(7-9-12)6-4-2-3-5-8-11/h7,9,11H,2-6,8H2,1H3. The average Bonchev–Trinajstić information content (AvgIpc) is 2.05. The van der Waals surface area contributed by atoms with Gasteiger partial charge in [-0.3, -0.25) is 4.79 Å². The van der Waals surface area contributed by atoms with Gasteiger partial charge in [0.1, 0.15) is 6.29 Å². The molecule has 0 aliphatic heterocycles. The predicted molar refractivity (Wildman–Crippen MR) is 50.0 cm³/mol. The van der Waals surface area contributed by atoms with E-state index in [0.717, 1.165) is 44.0 Å². The lowest BCUT2D eigenvalue weighted by atomic mass is 10.1. The van der Waals surface area contributed by atoms with Crippen LogP contribution >= 0.6 is 0 Å². The van der Waals surface area contributed by atoms with Gasteiger partial charge in [0.15, 0.2) is 0 Å². The van der Waals surface area contributed by atoms with Crippen molar-refractivity contribution in [3.05, 3.63) is 11.6 Å². The van der Waals surface area contributed by atoms with Crippen LogP contribution in [0.5, 0.6) is 0 Å². The van der Waals surface area contributed by atoms with Crippen molar-refractivity contribution >= 4 is 6.29 Å². The van der Waals surface area contributed by atoms with Gasteiger partial charge in [-0.1, -0.05) is 18.4 Å². The zero-order valence-corrected chi connectivity index (χ0v) is 7.75. The number of unbranched alkanes of at least 4 members (excludes halogenated alkanes) is 3. The summed E-state index contributed by atoms with van der Waals surface area (Å²) in [4.78, 5) is 10.0. The summed E-state index contributed by atoms with van der Waals surface area (Å²) >= 11 is 0. The van der Waals surface area contributed by atoms with Crippen LogP contribution in [0.25, 0.3) is 0 Å². The zero-order valence-electron chi connectivity index (χ0n) is 7.75. The number of carbonyl (C=O) groups is 1. The van der Waals surface area contributed by atoms with Crippen molar-refractivity contribution in [1.29, 1.82) is 0 Å². The number of carbonyl (C=O) groups excluding carboxylic acids is 1. The van der Waals surface area contributed by atoms with Gasteiger partial charge < -0.3 is 5.11 Å². The van der Waals surface area contributed by atoms with Gasteiger partial charge in [-0.05, 0) is 32.3 Å². The van der Waals surface area contributed by atoms with E-state index < -0.39 is 0 Å². The molecule has 0 aromatic heterocycles. The van der Waals surface area contributed by atoms with E-state index in [9.17, 15) is 4.79 Å². The topological polar surface area (TPSA) is 37.3 Å². The first-order valence-electron chi connectivity index (χ1n) is 4.53. The molecule has 0 fully saturated rings. The highest BCUT2D eigenvalue weighted by atomic mass is 16.2. The summed E-state index contributed by atoms with van der Waals surface area (Å²) in [6, 6.07) is 0. The number of aldehydes is 1. The van der Waals surface area contributed by atoms with Gasteiger partial charge in [-0.2, -0.15) is 0 Å². The molecule has 0 spiro atoms. The molecule has 0 saturated heterocycles. The van der Waals surface area contributed by atoms with Crippen molar-refractivity contribution < 1.29 is 9.90 Å². The van der Waals surface area contributed by atoms with Crippen LogP contribution in [0, 0.1) is 0 Å². The second kappa shape index (κ2) is 8.47. The van der Waals surface area contributed by atoms with Crippen LogP contribution in [0.3, 0.4) is 0 Å². The van der Waals surface area contributed by atoms with E-state index in [1.54, 1.807) is 6.08 Å². The molecule has 0 aromatic rings. The van der Waals surface area contributed by atoms with Crippen molar-refractivity contribution in [1.82, 2.24) is 0 Å². The van der Waals surface area contributed by atoms with Gasteiger partial charge in [0, 0.05) is 6.61 Å². The summed E-state index contributed by atoms with van der Waals surface area (Å²) < 4.78 is 0. The van der Waals surface area contributed by atoms with Crippen molar-refractivity contribution in [3.8, 4) is 0 Å². The minimum atomic E-state index is 0.295. The Kier molecular flexibility index (Phi) is 8.02. The molecule has 2 nitrogen and oxygen atoms in total. The molecule has 0 heterocycles. The minimum absolute atomic E-state index is 0.295. The maximum Gasteiger partial charge on any atom is 0.142 e. The Morgan fingerprint density at radius 3 is 2.50 bits per heavy atom. The van der Waals surface area contributed by atoms with Crippen molar-refractivity contribution in [2.75, 3.05) is 6.61 Å². The van der Waals surface area contributed by atoms with Crippen molar-refractivity contribution in [3.63, 3.8) is 0 Å². The molecule has 0 aliphatic rings. The Morgan fingerprint density at radius 1 is 1.25 bits per heavy atom. The third-order valence-corrected chi connectivity index (χ3v) is 1.83. The maximum absolute atomic E-state index is 10.0. The number of aliphatic hydroxyl groups excluding tert-OH is 1. The molecule has 2 heteroatoms. The summed E-state index contributed by atoms with van der Waals surface area (Å²) in [5, 5.41) is 8.50. The summed E-state index contributed by atoms with van der Waals surface area (Å²) in [5.41, 5.74) is 1.15. The molecule has 0 aromatic carbocycles. The van der Waals surface area contributed by atoms with E-state index in [-0.39, 0.29) is 0 Å². The van der Waals surface area contributed by atoms with Crippen LogP contribution in [0.15, 0.2) is 11.6 Å². The molecule has 0 bridgehead atoms. The first-order valence-corrected chi connectivity index (χ1v) is 4.53. The zero-order chi connectivity index (χ0) is 9.23. The number of rotatable bonds is 7. The summed E-state index contributed by atoms with van der Waals surface area (Å²) in [5.74, 6) is 0. The van der Waals surface area contributed by atoms with E-state index in [0.29, 0.717) is 6.61 Å². The fraction of sp³-hybridized carbons (Fsp3) is 0.700. The van der Waals surface area contributed by atoms with Crippen LogP contribution in [-0.4, -0.2) is 18.0 Å². The summed E-state index contributed by atoms with van der Waals surface area (Å²) in [7, 11) is 0. The second-order valence-corrected chi connectivity index (χ2v) is 3.04. The van der Waals surface area contributed by atoms with E-state index in [1.165, 1.54) is 0 Å². The van der Waals surface area contributed by atoms with Gasteiger partial charge in [0.2, 0.25) is 0 Å². The van der Waals surface area contributed by atoms with Crippen LogP contribution in [0.4, 0.5) is 0 Å². The van der Waals surface area contributed by atoms with Gasteiger partial charge in [-0.25, -0.2) is 0 Å². The van der Waals surface area contributed by atoms with Gasteiger partial charge in [0.05, 0.1) is 0 Å². The van der Waals surface area contributed by atoms with Gasteiger partial charge in [0.25, 0.3) is 0 Å². The molecule has 12 heavy (non-hydrogen) atoms. The number of hydrogen-bond acceptors (Lipinski definition) is 2. The highest BCUT2D eigenvalue weighted by Gasteiger charge is 1.91. The molecule has 0 unspecified atom stereocenters. The lowest BCUT2D eigenvalue weighted by Crippen LogP contribution is -1.84. The lowest BCUT2D eigenvalue weighted by Gasteiger charge is -1.99. The van der Waals surface area contributed by atoms with Crippen molar-refractivity contribution in [2.45, 2.75) is 39.0 Å². The normalized spacial score (nSPS) is 11.7. The first-order chi connectivity index (χ1) is 5.81. The SMILES string of the molecule is CC(=CC=O)CCCCCCO. The monoisotopic (exact) mass is 170 g/mol. The Hall–Kier alpha value is -0.630. The van der Waals surface area contributed by atoms with Gasteiger partial charge in [-0.15, -0.1) is 0 Å². The molecule has 0 radical (unpaired) electrons. The molecule has 1 N–H and O–H groups in total. The molecule has 0 amide bonds. The van der Waals surface area contributed by atoms with Crippen LogP contribution in [-0.2, 0) is 4.79 Å². The van der Waals surface area contributed by atoms with E-state index in [2.05, 4.69) is 0 Å². The Labute approximate surface area is 74.3 Å². The predicted octanol–water partition coefficient (Wildman–Crippen LogP) is 2.07. The number of hydrogen-bond donors (Lipinski definition) is 1. The van der Waals surface area contributed by atoms with E-state index in [1.807, 2.05) is 6.92 Å². The highest BCUT2D eigenvalue weighted by Crippen LogP contribution is 2.08. The fourth-order valence-corrected chi connectivity index (χ4v) is 1.07. The summed E-state index contributed by atoms with van der Waals surface area (Å²) in [6.45, 7) is 2.27. The van der Waals surface area contributed by atoms with Crippen molar-refractivity contribution in [2.24, 2.45) is 0 Å².